The number of unbranched alkanes of at least 4 members (excludes halogenated alkanes) is 3. The maximum absolute atomic E-state index is 15.2. The Morgan fingerprint density at radius 3 is 2.15 bits per heavy atom. The average Bonchev–Trinajstić information content (AvgIpc) is 2.93. The lowest BCUT2D eigenvalue weighted by Gasteiger charge is -2.28. The van der Waals surface area contributed by atoms with E-state index in [2.05, 4.69) is 23.5 Å². The minimum atomic E-state index is -4.74. The van der Waals surface area contributed by atoms with E-state index in [1.165, 1.54) is 63.9 Å². The van der Waals surface area contributed by atoms with Crippen LogP contribution in [0, 0.1) is 41.1 Å². The number of halogens is 6. The highest BCUT2D eigenvalue weighted by molar-refractivity contribution is 5.85. The molecule has 3 aromatic rings. The van der Waals surface area contributed by atoms with Crippen LogP contribution < -0.4 is 4.74 Å². The third-order valence-electron chi connectivity index (χ3n) is 8.01. The second kappa shape index (κ2) is 14.2. The van der Waals surface area contributed by atoms with E-state index >= 15 is 4.39 Å². The van der Waals surface area contributed by atoms with Gasteiger partial charge in [0.05, 0.1) is 5.56 Å². The number of hydrogen-bond donors (Lipinski definition) is 0. The summed E-state index contributed by atoms with van der Waals surface area (Å²) >= 11 is 0. The predicted octanol–water partition coefficient (Wildman–Crippen LogP) is 10.3. The Labute approximate surface area is 238 Å². The van der Waals surface area contributed by atoms with Crippen molar-refractivity contribution in [3.05, 3.63) is 76.6 Å². The molecular weight excluding hydrogens is 538 g/mol. The highest BCUT2D eigenvalue weighted by Gasteiger charge is 2.30. The molecule has 7 heteroatoms. The van der Waals surface area contributed by atoms with Gasteiger partial charge in [-0.15, -0.1) is 0 Å². The second-order valence-electron chi connectivity index (χ2n) is 11.2. The lowest BCUT2D eigenvalue weighted by Crippen LogP contribution is -2.20. The maximum atomic E-state index is 15.2. The van der Waals surface area contributed by atoms with Gasteiger partial charge in [-0.3, -0.25) is 0 Å². The van der Waals surface area contributed by atoms with E-state index in [-0.39, 0.29) is 11.1 Å². The molecule has 1 fully saturated rings. The van der Waals surface area contributed by atoms with E-state index in [1.54, 1.807) is 12.1 Å². The van der Waals surface area contributed by atoms with Crippen molar-refractivity contribution in [1.29, 1.82) is 0 Å². The summed E-state index contributed by atoms with van der Waals surface area (Å²) in [4.78, 5) is 0. The molecule has 0 saturated heterocycles. The number of alkyl halides is 3. The molecule has 1 aliphatic rings. The zero-order valence-electron chi connectivity index (χ0n) is 23.4. The Bertz CT molecular complexity index is 1350. The van der Waals surface area contributed by atoms with Gasteiger partial charge in [-0.25, -0.2) is 13.2 Å². The second-order valence-corrected chi connectivity index (χ2v) is 11.2. The molecule has 0 heterocycles. The fourth-order valence-corrected chi connectivity index (χ4v) is 5.70. The zero-order chi connectivity index (χ0) is 29.4. The Hall–Kier alpha value is -3.14. The van der Waals surface area contributed by atoms with Gasteiger partial charge in [-0.05, 0) is 53.8 Å². The fraction of sp³-hybridized carbons (Fsp3) is 0.471. The lowest BCUT2D eigenvalue weighted by atomic mass is 9.77. The van der Waals surface area contributed by atoms with Gasteiger partial charge in [0.15, 0.2) is 24.0 Å². The first-order valence-corrected chi connectivity index (χ1v) is 14.5. The van der Waals surface area contributed by atoms with Gasteiger partial charge < -0.3 is 4.74 Å². The van der Waals surface area contributed by atoms with E-state index in [1.807, 2.05) is 12.1 Å². The van der Waals surface area contributed by atoms with Crippen LogP contribution in [0.1, 0.15) is 87.8 Å². The van der Waals surface area contributed by atoms with E-state index in [4.69, 9.17) is 0 Å². The highest BCUT2D eigenvalue weighted by Crippen LogP contribution is 2.35. The molecular formula is C34H36F6O. The van der Waals surface area contributed by atoms with Crippen molar-refractivity contribution >= 4 is 10.8 Å². The average molecular weight is 575 g/mol. The Morgan fingerprint density at radius 1 is 0.805 bits per heavy atom. The standard InChI is InChI=1S/C34H36F6O/c1-2-3-4-5-6-23-7-9-24(10-8-23)11-12-25-14-18-29-28(19-25)17-16-27(32(29)37)15-13-26-20-30(35)33(31(36)21-26)41-22-34(38,39)40/h14,16-21,23-24H,2-12,22H2,1H3. The summed E-state index contributed by atoms with van der Waals surface area (Å²) in [5, 5.41) is 1.15. The van der Waals surface area contributed by atoms with Gasteiger partial charge in [0.25, 0.3) is 0 Å². The summed E-state index contributed by atoms with van der Waals surface area (Å²) in [5.41, 5.74) is 1.06. The molecule has 0 spiro atoms. The van der Waals surface area contributed by atoms with Crippen molar-refractivity contribution in [2.24, 2.45) is 11.8 Å². The van der Waals surface area contributed by atoms with Crippen molar-refractivity contribution in [3.63, 3.8) is 0 Å². The highest BCUT2D eigenvalue weighted by atomic mass is 19.4. The summed E-state index contributed by atoms with van der Waals surface area (Å²) in [6, 6.07) is 10.5. The van der Waals surface area contributed by atoms with Crippen molar-refractivity contribution < 1.29 is 31.1 Å². The summed E-state index contributed by atoms with van der Waals surface area (Å²) in [7, 11) is 0. The van der Waals surface area contributed by atoms with Crippen molar-refractivity contribution in [2.45, 2.75) is 83.7 Å². The minimum Gasteiger partial charge on any atom is -0.478 e. The molecule has 4 rings (SSSR count). The molecule has 0 radical (unpaired) electrons. The molecule has 1 saturated carbocycles. The van der Waals surface area contributed by atoms with E-state index in [0.29, 0.717) is 5.39 Å². The number of rotatable bonds is 10. The predicted molar refractivity (Wildman–Crippen MR) is 150 cm³/mol. The van der Waals surface area contributed by atoms with E-state index in [9.17, 15) is 22.0 Å². The van der Waals surface area contributed by atoms with Crippen LogP contribution in [0.15, 0.2) is 42.5 Å². The first-order chi connectivity index (χ1) is 19.6. The van der Waals surface area contributed by atoms with E-state index in [0.717, 1.165) is 47.8 Å². The van der Waals surface area contributed by atoms with Crippen LogP contribution in [0.4, 0.5) is 26.3 Å². The summed E-state index contributed by atoms with van der Waals surface area (Å²) < 4.78 is 84.6. The van der Waals surface area contributed by atoms with E-state index < -0.39 is 36.0 Å². The van der Waals surface area contributed by atoms with Crippen LogP contribution in [0.3, 0.4) is 0 Å². The molecule has 3 aromatic carbocycles. The van der Waals surface area contributed by atoms with Crippen molar-refractivity contribution in [3.8, 4) is 17.6 Å². The number of benzene rings is 3. The van der Waals surface area contributed by atoms with Crippen LogP contribution in [0.5, 0.6) is 5.75 Å². The molecule has 0 aliphatic heterocycles. The normalized spacial score (nSPS) is 17.3. The van der Waals surface area contributed by atoms with Gasteiger partial charge in [0, 0.05) is 10.9 Å². The number of fused-ring (bicyclic) bond motifs is 1. The van der Waals surface area contributed by atoms with Crippen molar-refractivity contribution in [2.75, 3.05) is 6.61 Å². The third-order valence-corrected chi connectivity index (χ3v) is 8.01. The molecule has 41 heavy (non-hydrogen) atoms. The molecule has 1 nitrogen and oxygen atoms in total. The van der Waals surface area contributed by atoms with Crippen LogP contribution in [0.2, 0.25) is 0 Å². The summed E-state index contributed by atoms with van der Waals surface area (Å²) in [6.07, 6.45) is 9.29. The van der Waals surface area contributed by atoms with Gasteiger partial charge in [0.1, 0.15) is 5.82 Å². The Morgan fingerprint density at radius 2 is 1.49 bits per heavy atom. The fourth-order valence-electron chi connectivity index (χ4n) is 5.70. The van der Waals surface area contributed by atoms with Crippen LogP contribution in [-0.2, 0) is 6.42 Å². The molecule has 0 unspecified atom stereocenters. The lowest BCUT2D eigenvalue weighted by molar-refractivity contribution is -0.154. The van der Waals surface area contributed by atoms with Crippen LogP contribution >= 0.6 is 0 Å². The SMILES string of the molecule is CCCCCCC1CCC(CCc2ccc3c(F)c(C#Cc4cc(F)c(OCC(F)(F)F)c(F)c4)ccc3c2)CC1. The van der Waals surface area contributed by atoms with Gasteiger partial charge in [-0.2, -0.15) is 13.2 Å². The number of ether oxygens (including phenoxy) is 1. The quantitative estimate of drug-likeness (QED) is 0.133. The van der Waals surface area contributed by atoms with Gasteiger partial charge in [-0.1, -0.05) is 101 Å². The van der Waals surface area contributed by atoms with Crippen LogP contribution in [0.25, 0.3) is 10.8 Å². The topological polar surface area (TPSA) is 9.23 Å². The largest absolute Gasteiger partial charge is 0.478 e. The molecule has 0 aromatic heterocycles. The summed E-state index contributed by atoms with van der Waals surface area (Å²) in [5.74, 6) is 2.39. The zero-order valence-corrected chi connectivity index (χ0v) is 23.4. The first-order valence-electron chi connectivity index (χ1n) is 14.5. The first kappa shape index (κ1) is 30.8. The molecule has 1 aliphatic carbocycles. The minimum absolute atomic E-state index is 0.0509. The smallest absolute Gasteiger partial charge is 0.422 e. The monoisotopic (exact) mass is 574 g/mol. The molecule has 0 bridgehead atoms. The molecule has 0 amide bonds. The Kier molecular flexibility index (Phi) is 10.6. The Balaban J connectivity index is 1.36. The maximum Gasteiger partial charge on any atom is 0.422 e. The molecule has 220 valence electrons. The number of aryl methyl sites for hydroxylation is 1. The number of hydrogen-bond acceptors (Lipinski definition) is 1. The molecule has 0 N–H and O–H groups in total. The van der Waals surface area contributed by atoms with Gasteiger partial charge in [0.2, 0.25) is 0 Å². The molecule has 0 atom stereocenters. The third kappa shape index (κ3) is 8.92. The van der Waals surface area contributed by atoms with Crippen LogP contribution in [-0.4, -0.2) is 12.8 Å². The van der Waals surface area contributed by atoms with Gasteiger partial charge >= 0.3 is 6.18 Å². The summed E-state index contributed by atoms with van der Waals surface area (Å²) in [6.45, 7) is 0.422. The van der Waals surface area contributed by atoms with Crippen molar-refractivity contribution in [1.82, 2.24) is 0 Å².